The van der Waals surface area contributed by atoms with Gasteiger partial charge in [-0.05, 0) is 11.6 Å². The average molecular weight is 281 g/mol. The molecule has 5 heteroatoms. The van der Waals surface area contributed by atoms with Crippen LogP contribution in [0.25, 0.3) is 0 Å². The van der Waals surface area contributed by atoms with Crippen molar-refractivity contribution < 1.29 is 4.79 Å². The highest BCUT2D eigenvalue weighted by Crippen LogP contribution is 2.26. The molecule has 1 amide bonds. The quantitative estimate of drug-likeness (QED) is 0.772. The summed E-state index contributed by atoms with van der Waals surface area (Å²) >= 11 is 17.4. The molecular formula is C11H12Cl3NO. The minimum absolute atomic E-state index is 0.00829. The maximum absolute atomic E-state index is 11.5. The zero-order valence-electron chi connectivity index (χ0n) is 8.84. The molecule has 0 heterocycles. The van der Waals surface area contributed by atoms with Crippen molar-refractivity contribution in [2.75, 3.05) is 12.9 Å². The maximum Gasteiger partial charge on any atom is 0.223 e. The Hall–Kier alpha value is -0.440. The number of rotatable bonds is 4. The van der Waals surface area contributed by atoms with Crippen molar-refractivity contribution in [2.24, 2.45) is 0 Å². The van der Waals surface area contributed by atoms with Crippen molar-refractivity contribution in [3.05, 3.63) is 33.8 Å². The van der Waals surface area contributed by atoms with Crippen molar-refractivity contribution in [3.8, 4) is 0 Å². The molecule has 1 aromatic rings. The highest BCUT2D eigenvalue weighted by molar-refractivity contribution is 6.42. The Labute approximate surface area is 110 Å². The van der Waals surface area contributed by atoms with E-state index in [1.807, 2.05) is 12.1 Å². The van der Waals surface area contributed by atoms with Crippen molar-refractivity contribution in [1.82, 2.24) is 4.90 Å². The smallest absolute Gasteiger partial charge is 0.223 e. The van der Waals surface area contributed by atoms with Gasteiger partial charge in [-0.3, -0.25) is 4.79 Å². The Balaban J connectivity index is 2.73. The van der Waals surface area contributed by atoms with Crippen LogP contribution in [-0.2, 0) is 11.3 Å². The van der Waals surface area contributed by atoms with E-state index in [0.29, 0.717) is 28.9 Å². The SMILES string of the molecule is CN(Cc1cccc(Cl)c1Cl)C(=O)CCCl. The van der Waals surface area contributed by atoms with E-state index in [1.165, 1.54) is 0 Å². The third-order valence-corrected chi connectivity index (χ3v) is 3.22. The number of nitrogens with zero attached hydrogens (tertiary/aromatic N) is 1. The number of halogens is 3. The van der Waals surface area contributed by atoms with Gasteiger partial charge in [0.25, 0.3) is 0 Å². The molecule has 16 heavy (non-hydrogen) atoms. The van der Waals surface area contributed by atoms with Gasteiger partial charge in [0, 0.05) is 25.9 Å². The largest absolute Gasteiger partial charge is 0.341 e. The molecule has 0 aliphatic carbocycles. The lowest BCUT2D eigenvalue weighted by Gasteiger charge is -2.17. The summed E-state index contributed by atoms with van der Waals surface area (Å²) in [5.74, 6) is 0.318. The normalized spacial score (nSPS) is 10.2. The molecule has 0 fully saturated rings. The van der Waals surface area contributed by atoms with Crippen LogP contribution < -0.4 is 0 Å². The van der Waals surface area contributed by atoms with Crippen LogP contribution in [0.1, 0.15) is 12.0 Å². The molecule has 0 saturated heterocycles. The lowest BCUT2D eigenvalue weighted by molar-refractivity contribution is -0.129. The van der Waals surface area contributed by atoms with Crippen molar-refractivity contribution >= 4 is 40.7 Å². The fourth-order valence-electron chi connectivity index (χ4n) is 1.29. The van der Waals surface area contributed by atoms with Gasteiger partial charge in [-0.25, -0.2) is 0 Å². The molecule has 0 aromatic heterocycles. The Bertz CT molecular complexity index is 381. The lowest BCUT2D eigenvalue weighted by Crippen LogP contribution is -2.26. The zero-order chi connectivity index (χ0) is 12.1. The van der Waals surface area contributed by atoms with E-state index in [-0.39, 0.29) is 5.91 Å². The Kier molecular flexibility index (Phi) is 5.39. The van der Waals surface area contributed by atoms with Gasteiger partial charge in [0.05, 0.1) is 10.0 Å². The summed E-state index contributed by atoms with van der Waals surface area (Å²) in [4.78, 5) is 13.1. The first-order chi connectivity index (χ1) is 7.56. The monoisotopic (exact) mass is 279 g/mol. The van der Waals surface area contributed by atoms with Gasteiger partial charge in [0.2, 0.25) is 5.91 Å². The molecule has 0 saturated carbocycles. The minimum Gasteiger partial charge on any atom is -0.341 e. The molecule has 0 atom stereocenters. The van der Waals surface area contributed by atoms with Crippen molar-refractivity contribution in [2.45, 2.75) is 13.0 Å². The number of alkyl halides is 1. The predicted octanol–water partition coefficient (Wildman–Crippen LogP) is 3.58. The highest BCUT2D eigenvalue weighted by Gasteiger charge is 2.11. The number of carbonyl (C=O) groups is 1. The number of amides is 1. The zero-order valence-corrected chi connectivity index (χ0v) is 11.1. The molecule has 88 valence electrons. The van der Waals surface area contributed by atoms with Gasteiger partial charge in [-0.15, -0.1) is 11.6 Å². The highest BCUT2D eigenvalue weighted by atomic mass is 35.5. The van der Waals surface area contributed by atoms with Crippen molar-refractivity contribution in [3.63, 3.8) is 0 Å². The van der Waals surface area contributed by atoms with Gasteiger partial charge < -0.3 is 4.90 Å². The second-order valence-corrected chi connectivity index (χ2v) is 4.56. The van der Waals surface area contributed by atoms with Crippen LogP contribution in [0.2, 0.25) is 10.0 Å². The molecule has 0 N–H and O–H groups in total. The van der Waals surface area contributed by atoms with Crippen LogP contribution in [0.3, 0.4) is 0 Å². The van der Waals surface area contributed by atoms with E-state index in [1.54, 1.807) is 18.0 Å². The number of benzene rings is 1. The number of hydrogen-bond acceptors (Lipinski definition) is 1. The van der Waals surface area contributed by atoms with Gasteiger partial charge >= 0.3 is 0 Å². The maximum atomic E-state index is 11.5. The van der Waals surface area contributed by atoms with Gasteiger partial charge in [0.15, 0.2) is 0 Å². The molecule has 1 rings (SSSR count). The summed E-state index contributed by atoms with van der Waals surface area (Å²) < 4.78 is 0. The molecule has 0 aliphatic rings. The average Bonchev–Trinajstić information content (AvgIpc) is 2.25. The molecule has 0 unspecified atom stereocenters. The van der Waals surface area contributed by atoms with E-state index >= 15 is 0 Å². The summed E-state index contributed by atoms with van der Waals surface area (Å²) in [5, 5.41) is 0.993. The summed E-state index contributed by atoms with van der Waals surface area (Å²) in [6.07, 6.45) is 0.330. The molecular weight excluding hydrogens is 268 g/mol. The summed E-state index contributed by atoms with van der Waals surface area (Å²) in [6, 6.07) is 5.37. The number of carbonyl (C=O) groups excluding carboxylic acids is 1. The number of hydrogen-bond donors (Lipinski definition) is 0. The standard InChI is InChI=1S/C11H12Cl3NO/c1-15(10(16)5-6-12)7-8-3-2-4-9(13)11(8)14/h2-4H,5-7H2,1H3. The van der Waals surface area contributed by atoms with E-state index in [4.69, 9.17) is 34.8 Å². The summed E-state index contributed by atoms with van der Waals surface area (Å²) in [6.45, 7) is 0.440. The van der Waals surface area contributed by atoms with Crippen LogP contribution in [0.15, 0.2) is 18.2 Å². The fraction of sp³-hybridized carbons (Fsp3) is 0.364. The van der Waals surface area contributed by atoms with E-state index < -0.39 is 0 Å². The first-order valence-corrected chi connectivity index (χ1v) is 6.08. The van der Waals surface area contributed by atoms with Gasteiger partial charge in [-0.2, -0.15) is 0 Å². The molecule has 1 aromatic carbocycles. The lowest BCUT2D eigenvalue weighted by atomic mass is 10.2. The van der Waals surface area contributed by atoms with Crippen LogP contribution in [0.5, 0.6) is 0 Å². The van der Waals surface area contributed by atoms with Crippen molar-refractivity contribution in [1.29, 1.82) is 0 Å². The third kappa shape index (κ3) is 3.55. The summed E-state index contributed by atoms with van der Waals surface area (Å²) in [7, 11) is 1.71. The first-order valence-electron chi connectivity index (χ1n) is 4.79. The molecule has 0 radical (unpaired) electrons. The summed E-state index contributed by atoms with van der Waals surface area (Å²) in [5.41, 5.74) is 0.833. The topological polar surface area (TPSA) is 20.3 Å². The van der Waals surface area contributed by atoms with E-state index in [0.717, 1.165) is 5.56 Å². The van der Waals surface area contributed by atoms with Crippen LogP contribution in [0.4, 0.5) is 0 Å². The van der Waals surface area contributed by atoms with Gasteiger partial charge in [0.1, 0.15) is 0 Å². The third-order valence-electron chi connectivity index (χ3n) is 2.17. The van der Waals surface area contributed by atoms with Crippen LogP contribution in [0, 0.1) is 0 Å². The Morgan fingerprint density at radius 2 is 2.06 bits per heavy atom. The Morgan fingerprint density at radius 3 is 2.69 bits per heavy atom. The first kappa shape index (κ1) is 13.6. The fourth-order valence-corrected chi connectivity index (χ4v) is 1.83. The van der Waals surface area contributed by atoms with Crippen LogP contribution in [-0.4, -0.2) is 23.7 Å². The molecule has 0 spiro atoms. The van der Waals surface area contributed by atoms with Crippen LogP contribution >= 0.6 is 34.8 Å². The minimum atomic E-state index is -0.00829. The Morgan fingerprint density at radius 1 is 1.38 bits per heavy atom. The second kappa shape index (κ2) is 6.33. The predicted molar refractivity (Wildman–Crippen MR) is 68.3 cm³/mol. The van der Waals surface area contributed by atoms with E-state index in [9.17, 15) is 4.79 Å². The van der Waals surface area contributed by atoms with Gasteiger partial charge in [-0.1, -0.05) is 35.3 Å². The molecule has 0 aliphatic heterocycles. The van der Waals surface area contributed by atoms with E-state index in [2.05, 4.69) is 0 Å². The molecule has 2 nitrogen and oxygen atoms in total. The molecule has 0 bridgehead atoms. The second-order valence-electron chi connectivity index (χ2n) is 3.40.